The molecular formula is C7H13NO6. The van der Waals surface area contributed by atoms with Gasteiger partial charge in [0.2, 0.25) is 5.91 Å². The van der Waals surface area contributed by atoms with E-state index in [0.29, 0.717) is 0 Å². The number of rotatable bonds is 2. The lowest BCUT2D eigenvalue weighted by Crippen LogP contribution is -2.61. The minimum atomic E-state index is -1.55. The summed E-state index contributed by atoms with van der Waals surface area (Å²) in [5.74, 6) is -0.925. The topological polar surface area (TPSA) is 122 Å². The molecule has 0 aromatic carbocycles. The van der Waals surface area contributed by atoms with Crippen molar-refractivity contribution in [3.8, 4) is 0 Å². The zero-order valence-electron chi connectivity index (χ0n) is 7.53. The summed E-state index contributed by atoms with van der Waals surface area (Å²) in [6.45, 7) is 0. The Hall–Kier alpha value is -0.730. The van der Waals surface area contributed by atoms with Crippen molar-refractivity contribution in [2.75, 3.05) is 7.11 Å². The summed E-state index contributed by atoms with van der Waals surface area (Å²) in [6, 6.07) is 0. The minimum Gasteiger partial charge on any atom is -0.387 e. The Morgan fingerprint density at radius 1 is 1.29 bits per heavy atom. The molecule has 0 saturated carbocycles. The molecule has 0 radical (unpaired) electrons. The average Bonchev–Trinajstić information content (AvgIpc) is 2.14. The normalized spacial score (nSPS) is 43.6. The first kappa shape index (κ1) is 11.3. The fourth-order valence-corrected chi connectivity index (χ4v) is 1.28. The number of ether oxygens (including phenoxy) is 2. The van der Waals surface area contributed by atoms with Crippen LogP contribution in [-0.2, 0) is 14.3 Å². The van der Waals surface area contributed by atoms with E-state index in [1.165, 1.54) is 7.11 Å². The van der Waals surface area contributed by atoms with E-state index >= 15 is 0 Å². The van der Waals surface area contributed by atoms with Crippen LogP contribution in [0.3, 0.4) is 0 Å². The highest BCUT2D eigenvalue weighted by Gasteiger charge is 2.46. The molecule has 0 bridgehead atoms. The number of primary amides is 1. The van der Waals surface area contributed by atoms with Crippen molar-refractivity contribution in [1.82, 2.24) is 0 Å². The third-order valence-corrected chi connectivity index (χ3v) is 2.08. The van der Waals surface area contributed by atoms with E-state index in [1.807, 2.05) is 0 Å². The summed E-state index contributed by atoms with van der Waals surface area (Å²) in [4.78, 5) is 10.8. The third-order valence-electron chi connectivity index (χ3n) is 2.08. The average molecular weight is 207 g/mol. The fraction of sp³-hybridized carbons (Fsp3) is 0.857. The highest BCUT2D eigenvalue weighted by atomic mass is 16.7. The number of nitrogens with two attached hydrogens (primary N) is 1. The fourth-order valence-electron chi connectivity index (χ4n) is 1.28. The molecule has 82 valence electrons. The number of methoxy groups -OCH3 is 1. The van der Waals surface area contributed by atoms with Gasteiger partial charge in [-0.2, -0.15) is 0 Å². The van der Waals surface area contributed by atoms with E-state index in [-0.39, 0.29) is 0 Å². The van der Waals surface area contributed by atoms with Crippen LogP contribution in [0.2, 0.25) is 0 Å². The van der Waals surface area contributed by atoms with Gasteiger partial charge in [0.05, 0.1) is 0 Å². The number of hydrogen-bond acceptors (Lipinski definition) is 6. The molecule has 0 spiro atoms. The maximum absolute atomic E-state index is 10.8. The first-order chi connectivity index (χ1) is 6.49. The van der Waals surface area contributed by atoms with Crippen LogP contribution in [0.5, 0.6) is 0 Å². The van der Waals surface area contributed by atoms with Crippen molar-refractivity contribution >= 4 is 5.91 Å². The Balaban J connectivity index is 2.78. The monoisotopic (exact) mass is 207 g/mol. The van der Waals surface area contributed by atoms with Gasteiger partial charge in [-0.3, -0.25) is 4.79 Å². The van der Waals surface area contributed by atoms with Gasteiger partial charge in [-0.25, -0.2) is 0 Å². The highest BCUT2D eigenvalue weighted by Crippen LogP contribution is 2.21. The molecule has 7 heteroatoms. The van der Waals surface area contributed by atoms with E-state index < -0.39 is 36.6 Å². The zero-order chi connectivity index (χ0) is 10.9. The van der Waals surface area contributed by atoms with Crippen molar-refractivity contribution in [2.45, 2.75) is 30.7 Å². The third kappa shape index (κ3) is 1.86. The van der Waals surface area contributed by atoms with Gasteiger partial charge in [-0.05, 0) is 0 Å². The van der Waals surface area contributed by atoms with Crippen molar-refractivity contribution in [3.05, 3.63) is 0 Å². The molecule has 0 unspecified atom stereocenters. The Bertz CT molecular complexity index is 220. The van der Waals surface area contributed by atoms with Gasteiger partial charge in [0, 0.05) is 7.11 Å². The minimum absolute atomic E-state index is 0.925. The molecule has 5 atom stereocenters. The maximum Gasteiger partial charge on any atom is 0.249 e. The van der Waals surface area contributed by atoms with Gasteiger partial charge in [0.25, 0.3) is 0 Å². The predicted octanol–water partition coefficient (Wildman–Crippen LogP) is -3.07. The largest absolute Gasteiger partial charge is 0.387 e. The van der Waals surface area contributed by atoms with Crippen LogP contribution in [0.25, 0.3) is 0 Å². The van der Waals surface area contributed by atoms with Crippen molar-refractivity contribution in [1.29, 1.82) is 0 Å². The molecule has 1 fully saturated rings. The highest BCUT2D eigenvalue weighted by molar-refractivity contribution is 5.79. The van der Waals surface area contributed by atoms with Crippen LogP contribution in [0.4, 0.5) is 0 Å². The first-order valence-electron chi connectivity index (χ1n) is 4.00. The van der Waals surface area contributed by atoms with Crippen molar-refractivity contribution in [3.63, 3.8) is 0 Å². The lowest BCUT2D eigenvalue weighted by molar-refractivity contribution is -0.283. The molecule has 1 heterocycles. The zero-order valence-corrected chi connectivity index (χ0v) is 7.53. The Kier molecular flexibility index (Phi) is 3.40. The second-order valence-electron chi connectivity index (χ2n) is 3.03. The van der Waals surface area contributed by atoms with E-state index in [9.17, 15) is 20.1 Å². The molecule has 1 rings (SSSR count). The number of hydrogen-bond donors (Lipinski definition) is 4. The number of carbonyl (C=O) groups is 1. The Labute approximate surface area is 80.0 Å². The summed E-state index contributed by atoms with van der Waals surface area (Å²) in [7, 11) is 1.23. The van der Waals surface area contributed by atoms with E-state index in [4.69, 9.17) is 10.5 Å². The molecule has 1 aliphatic rings. The molecule has 7 nitrogen and oxygen atoms in total. The number of amides is 1. The second kappa shape index (κ2) is 4.20. The quantitative estimate of drug-likeness (QED) is 0.381. The SMILES string of the molecule is CO[C@H]1O[C@H](C(N)=O)[C@@H](O)[C@H](O)[C@H]1O. The van der Waals surface area contributed by atoms with Crippen LogP contribution in [0, 0.1) is 0 Å². The molecule has 0 aliphatic carbocycles. The van der Waals surface area contributed by atoms with Crippen molar-refractivity contribution in [2.24, 2.45) is 5.73 Å². The van der Waals surface area contributed by atoms with Gasteiger partial charge in [0.15, 0.2) is 12.4 Å². The van der Waals surface area contributed by atoms with E-state index in [0.717, 1.165) is 0 Å². The maximum atomic E-state index is 10.8. The van der Waals surface area contributed by atoms with Gasteiger partial charge in [-0.1, -0.05) is 0 Å². The number of carbonyl (C=O) groups excluding carboxylic acids is 1. The van der Waals surface area contributed by atoms with Gasteiger partial charge < -0.3 is 30.5 Å². The summed E-state index contributed by atoms with van der Waals surface area (Å²) in [5.41, 5.74) is 4.91. The number of aliphatic hydroxyl groups is 3. The molecule has 5 N–H and O–H groups in total. The van der Waals surface area contributed by atoms with Crippen LogP contribution < -0.4 is 5.73 Å². The van der Waals surface area contributed by atoms with E-state index in [2.05, 4.69) is 4.74 Å². The smallest absolute Gasteiger partial charge is 0.249 e. The van der Waals surface area contributed by atoms with Gasteiger partial charge >= 0.3 is 0 Å². The predicted molar refractivity (Wildman–Crippen MR) is 42.9 cm³/mol. The molecule has 1 aliphatic heterocycles. The lowest BCUT2D eigenvalue weighted by atomic mass is 9.98. The second-order valence-corrected chi connectivity index (χ2v) is 3.03. The standard InChI is InChI=1S/C7H13NO6/c1-13-7-4(11)2(9)3(10)5(14-7)6(8)12/h2-5,7,9-11H,1H3,(H2,8,12)/t2-,3-,4+,5-,7-/m0/s1. The lowest BCUT2D eigenvalue weighted by Gasteiger charge is -2.38. The Morgan fingerprint density at radius 3 is 2.29 bits per heavy atom. The number of aliphatic hydroxyl groups excluding tert-OH is 3. The molecule has 14 heavy (non-hydrogen) atoms. The van der Waals surface area contributed by atoms with Crippen LogP contribution in [0.1, 0.15) is 0 Å². The summed E-state index contributed by atoms with van der Waals surface area (Å²) < 4.78 is 9.49. The molecule has 0 aromatic heterocycles. The molecule has 0 aromatic rings. The summed E-state index contributed by atoms with van der Waals surface area (Å²) in [6.07, 6.45) is -7.03. The molecular weight excluding hydrogens is 194 g/mol. The van der Waals surface area contributed by atoms with Gasteiger partial charge in [0.1, 0.15) is 18.3 Å². The van der Waals surface area contributed by atoms with Crippen molar-refractivity contribution < 1.29 is 29.6 Å². The van der Waals surface area contributed by atoms with E-state index in [1.54, 1.807) is 0 Å². The van der Waals surface area contributed by atoms with Gasteiger partial charge in [-0.15, -0.1) is 0 Å². The molecule has 1 saturated heterocycles. The summed E-state index contributed by atoms with van der Waals surface area (Å²) in [5, 5.41) is 27.9. The first-order valence-corrected chi connectivity index (χ1v) is 4.00. The molecule has 1 amide bonds. The van der Waals surface area contributed by atoms with Crippen LogP contribution in [-0.4, -0.2) is 59.0 Å². The van der Waals surface area contributed by atoms with Crippen LogP contribution >= 0.6 is 0 Å². The van der Waals surface area contributed by atoms with Crippen LogP contribution in [0.15, 0.2) is 0 Å². The summed E-state index contributed by atoms with van der Waals surface area (Å²) >= 11 is 0. The Morgan fingerprint density at radius 2 is 1.86 bits per heavy atom.